The summed E-state index contributed by atoms with van der Waals surface area (Å²) >= 11 is 7.35. The summed E-state index contributed by atoms with van der Waals surface area (Å²) in [6.07, 6.45) is 3.41. The molecule has 0 aliphatic rings. The van der Waals surface area contributed by atoms with Gasteiger partial charge in [-0.15, -0.1) is 11.3 Å². The number of hydrogen-bond donors (Lipinski definition) is 2. The van der Waals surface area contributed by atoms with E-state index in [1.54, 1.807) is 41.2 Å². The summed E-state index contributed by atoms with van der Waals surface area (Å²) in [5, 5.41) is 3.12. The Morgan fingerprint density at radius 2 is 2.04 bits per heavy atom. The summed E-state index contributed by atoms with van der Waals surface area (Å²) in [7, 11) is 0. The number of benzene rings is 1. The Bertz CT molecular complexity index is 1210. The Kier molecular flexibility index (Phi) is 4.47. The number of rotatable bonds is 4. The fourth-order valence-electron chi connectivity index (χ4n) is 2.85. The van der Waals surface area contributed by atoms with Gasteiger partial charge in [0.15, 0.2) is 18.2 Å². The molecule has 0 bridgehead atoms. The number of carbonyl (C=O) groups is 1. The van der Waals surface area contributed by atoms with Gasteiger partial charge in [-0.3, -0.25) is 9.59 Å². The SMILES string of the molecule is NC(=O)c1ccc[n+](Cc2nc3scc(-c4ccc(Cl)cc4)c3c(=O)[nH]2)c1. The molecule has 6 nitrogen and oxygen atoms in total. The number of nitrogens with zero attached hydrogens (tertiary/aromatic N) is 2. The average Bonchev–Trinajstić information content (AvgIpc) is 3.07. The number of fused-ring (bicyclic) bond motifs is 1. The smallest absolute Gasteiger partial charge is 0.260 e. The molecule has 0 unspecified atom stereocenters. The van der Waals surface area contributed by atoms with Gasteiger partial charge in [0.2, 0.25) is 6.54 Å². The highest BCUT2D eigenvalue weighted by Crippen LogP contribution is 2.31. The number of hydrogen-bond acceptors (Lipinski definition) is 4. The number of pyridine rings is 1. The van der Waals surface area contributed by atoms with Crippen LogP contribution < -0.4 is 15.9 Å². The quantitative estimate of drug-likeness (QED) is 0.518. The Hall–Kier alpha value is -3.03. The molecule has 0 saturated carbocycles. The van der Waals surface area contributed by atoms with Gasteiger partial charge in [0, 0.05) is 22.0 Å². The average molecular weight is 398 g/mol. The summed E-state index contributed by atoms with van der Waals surface area (Å²) in [6.45, 7) is 0.320. The molecule has 3 heterocycles. The van der Waals surface area contributed by atoms with Crippen molar-refractivity contribution in [2.24, 2.45) is 5.73 Å². The highest BCUT2D eigenvalue weighted by Gasteiger charge is 2.15. The first-order chi connectivity index (χ1) is 13.0. The molecule has 8 heteroatoms. The molecule has 0 atom stereocenters. The van der Waals surface area contributed by atoms with Crippen LogP contribution in [0.3, 0.4) is 0 Å². The maximum atomic E-state index is 12.7. The van der Waals surface area contributed by atoms with Gasteiger partial charge in [-0.2, -0.15) is 4.57 Å². The van der Waals surface area contributed by atoms with E-state index in [4.69, 9.17) is 17.3 Å². The molecule has 27 heavy (non-hydrogen) atoms. The van der Waals surface area contributed by atoms with Crippen LogP contribution in [0.5, 0.6) is 0 Å². The van der Waals surface area contributed by atoms with E-state index in [0.29, 0.717) is 33.2 Å². The summed E-state index contributed by atoms with van der Waals surface area (Å²) in [5.41, 5.74) is 7.24. The van der Waals surface area contributed by atoms with Crippen LogP contribution in [-0.2, 0) is 6.54 Å². The lowest BCUT2D eigenvalue weighted by Gasteiger charge is -2.02. The van der Waals surface area contributed by atoms with Crippen molar-refractivity contribution in [1.82, 2.24) is 9.97 Å². The van der Waals surface area contributed by atoms with E-state index in [-0.39, 0.29) is 5.56 Å². The van der Waals surface area contributed by atoms with Crippen LogP contribution in [0.25, 0.3) is 21.3 Å². The molecule has 134 valence electrons. The molecular formula is C19H14ClN4O2S+. The lowest BCUT2D eigenvalue weighted by molar-refractivity contribution is -0.689. The predicted octanol–water partition coefficient (Wildman–Crippen LogP) is 2.74. The number of nitrogens with one attached hydrogen (secondary N) is 1. The van der Waals surface area contributed by atoms with Gasteiger partial charge in [-0.25, -0.2) is 4.98 Å². The molecule has 1 amide bonds. The van der Waals surface area contributed by atoms with E-state index in [9.17, 15) is 9.59 Å². The molecule has 3 aromatic heterocycles. The standard InChI is InChI=1S/C19H13ClN4O2S/c20-13-5-3-11(4-6-13)14-10-27-19-16(14)18(26)22-15(23-19)9-24-7-1-2-12(8-24)17(21)25/h1-8,10H,9H2,(H2-,21,22,23,25,26)/p+1. The molecule has 4 rings (SSSR count). The first kappa shape index (κ1) is 17.4. The lowest BCUT2D eigenvalue weighted by Crippen LogP contribution is -2.36. The van der Waals surface area contributed by atoms with Crippen molar-refractivity contribution in [3.05, 3.63) is 80.9 Å². The van der Waals surface area contributed by atoms with Crippen LogP contribution in [0.2, 0.25) is 5.02 Å². The number of nitrogens with two attached hydrogens (primary N) is 1. The monoisotopic (exact) mass is 397 g/mol. The van der Waals surface area contributed by atoms with Gasteiger partial charge in [-0.05, 0) is 23.8 Å². The van der Waals surface area contributed by atoms with Crippen molar-refractivity contribution in [3.63, 3.8) is 0 Å². The normalized spacial score (nSPS) is 11.0. The van der Waals surface area contributed by atoms with Crippen LogP contribution in [0, 0.1) is 0 Å². The fraction of sp³-hybridized carbons (Fsp3) is 0.0526. The minimum Gasteiger partial charge on any atom is -0.365 e. The minimum atomic E-state index is -0.507. The molecule has 0 spiro atoms. The van der Waals surface area contributed by atoms with Crippen LogP contribution in [0.1, 0.15) is 16.2 Å². The van der Waals surface area contributed by atoms with Crippen LogP contribution >= 0.6 is 22.9 Å². The number of halogens is 1. The van der Waals surface area contributed by atoms with Crippen molar-refractivity contribution in [2.75, 3.05) is 0 Å². The molecule has 0 fully saturated rings. The third-order valence-corrected chi connectivity index (χ3v) is 5.25. The number of thiophene rings is 1. The second-order valence-corrected chi connectivity index (χ2v) is 7.27. The number of aromatic nitrogens is 3. The maximum Gasteiger partial charge on any atom is 0.260 e. The number of amides is 1. The minimum absolute atomic E-state index is 0.201. The van der Waals surface area contributed by atoms with Crippen LogP contribution in [0.4, 0.5) is 0 Å². The van der Waals surface area contributed by atoms with E-state index < -0.39 is 5.91 Å². The molecule has 0 radical (unpaired) electrons. The summed E-state index contributed by atoms with van der Waals surface area (Å²) in [5.74, 6) is -0.00394. The van der Waals surface area contributed by atoms with E-state index in [0.717, 1.165) is 11.1 Å². The third kappa shape index (κ3) is 3.47. The van der Waals surface area contributed by atoms with Gasteiger partial charge < -0.3 is 10.7 Å². The lowest BCUT2D eigenvalue weighted by atomic mass is 10.1. The molecule has 3 N–H and O–H groups in total. The van der Waals surface area contributed by atoms with Crippen molar-refractivity contribution < 1.29 is 9.36 Å². The van der Waals surface area contributed by atoms with E-state index in [1.165, 1.54) is 11.3 Å². The molecule has 0 saturated heterocycles. The number of H-pyrrole nitrogens is 1. The summed E-state index contributed by atoms with van der Waals surface area (Å²) < 4.78 is 1.75. The van der Waals surface area contributed by atoms with E-state index in [1.807, 2.05) is 17.5 Å². The Balaban J connectivity index is 1.73. The topological polar surface area (TPSA) is 92.7 Å². The molecule has 0 aliphatic heterocycles. The Morgan fingerprint density at radius 1 is 1.26 bits per heavy atom. The third-order valence-electron chi connectivity index (χ3n) is 4.12. The van der Waals surface area contributed by atoms with Crippen molar-refractivity contribution in [2.45, 2.75) is 6.54 Å². The van der Waals surface area contributed by atoms with Gasteiger partial charge in [0.1, 0.15) is 10.4 Å². The van der Waals surface area contributed by atoms with Crippen LogP contribution in [-0.4, -0.2) is 15.9 Å². The zero-order valence-corrected chi connectivity index (χ0v) is 15.6. The molecule has 1 aromatic carbocycles. The van der Waals surface area contributed by atoms with Crippen LogP contribution in [0.15, 0.2) is 59.0 Å². The van der Waals surface area contributed by atoms with Gasteiger partial charge in [-0.1, -0.05) is 23.7 Å². The van der Waals surface area contributed by atoms with Crippen molar-refractivity contribution >= 4 is 39.1 Å². The van der Waals surface area contributed by atoms with Gasteiger partial charge >= 0.3 is 0 Å². The first-order valence-electron chi connectivity index (χ1n) is 8.06. The molecule has 4 aromatic rings. The van der Waals surface area contributed by atoms with E-state index in [2.05, 4.69) is 9.97 Å². The Morgan fingerprint density at radius 3 is 2.78 bits per heavy atom. The second kappa shape index (κ2) is 6.94. The molecule has 0 aliphatic carbocycles. The number of carbonyl (C=O) groups excluding carboxylic acids is 1. The van der Waals surface area contributed by atoms with Gasteiger partial charge in [0.05, 0.1) is 5.39 Å². The fourth-order valence-corrected chi connectivity index (χ4v) is 3.94. The van der Waals surface area contributed by atoms with Gasteiger partial charge in [0.25, 0.3) is 11.5 Å². The maximum absolute atomic E-state index is 12.7. The van der Waals surface area contributed by atoms with E-state index >= 15 is 0 Å². The highest BCUT2D eigenvalue weighted by atomic mass is 35.5. The number of primary amides is 1. The highest BCUT2D eigenvalue weighted by molar-refractivity contribution is 7.17. The second-order valence-electron chi connectivity index (χ2n) is 5.98. The zero-order chi connectivity index (χ0) is 19.0. The summed E-state index contributed by atoms with van der Waals surface area (Å²) in [6, 6.07) is 10.7. The predicted molar refractivity (Wildman–Crippen MR) is 105 cm³/mol. The summed E-state index contributed by atoms with van der Waals surface area (Å²) in [4.78, 5) is 32.1. The first-order valence-corrected chi connectivity index (χ1v) is 9.32. The Labute approximate surface area is 162 Å². The number of aromatic amines is 1. The van der Waals surface area contributed by atoms with Crippen molar-refractivity contribution in [1.29, 1.82) is 0 Å². The largest absolute Gasteiger partial charge is 0.365 e. The molecular weight excluding hydrogens is 384 g/mol. The zero-order valence-electron chi connectivity index (χ0n) is 14.0. The van der Waals surface area contributed by atoms with Crippen molar-refractivity contribution in [3.8, 4) is 11.1 Å².